The number of fused-ring (bicyclic) bond motifs is 1. The summed E-state index contributed by atoms with van der Waals surface area (Å²) in [6.07, 6.45) is 3.64. The van der Waals surface area contributed by atoms with Crippen molar-refractivity contribution in [3.05, 3.63) is 29.8 Å². The average Bonchev–Trinajstić information content (AvgIpc) is 3.17. The van der Waals surface area contributed by atoms with E-state index in [1.165, 1.54) is 6.42 Å². The normalized spacial score (nSPS) is 25.8. The summed E-state index contributed by atoms with van der Waals surface area (Å²) in [6.45, 7) is 2.94. The molecule has 1 saturated heterocycles. The summed E-state index contributed by atoms with van der Waals surface area (Å²) in [5.74, 6) is 2.26. The van der Waals surface area contributed by atoms with Crippen molar-refractivity contribution in [1.82, 2.24) is 4.90 Å². The highest BCUT2D eigenvalue weighted by atomic mass is 16.5. The number of nitrogens with zero attached hydrogens (tertiary/aromatic N) is 1. The Kier molecular flexibility index (Phi) is 5.74. The van der Waals surface area contributed by atoms with Crippen LogP contribution in [0.25, 0.3) is 0 Å². The van der Waals surface area contributed by atoms with E-state index in [9.17, 15) is 4.79 Å². The molecule has 1 heterocycles. The Bertz CT molecular complexity index is 546. The number of benzene rings is 1. The predicted octanol–water partition coefficient (Wildman–Crippen LogP) is 2.19. The van der Waals surface area contributed by atoms with E-state index in [0.29, 0.717) is 37.5 Å². The van der Waals surface area contributed by atoms with Crippen molar-refractivity contribution in [1.29, 1.82) is 0 Å². The van der Waals surface area contributed by atoms with E-state index >= 15 is 0 Å². The lowest BCUT2D eigenvalue weighted by Gasteiger charge is -2.18. The van der Waals surface area contributed by atoms with Gasteiger partial charge in [0.15, 0.2) is 0 Å². The first-order valence-corrected chi connectivity index (χ1v) is 8.91. The van der Waals surface area contributed by atoms with Gasteiger partial charge in [0.1, 0.15) is 5.75 Å². The van der Waals surface area contributed by atoms with Crippen LogP contribution in [-0.2, 0) is 16.1 Å². The molecule has 1 saturated carbocycles. The minimum absolute atomic E-state index is 0.254. The zero-order valence-corrected chi connectivity index (χ0v) is 14.4. The Morgan fingerprint density at radius 2 is 2.04 bits per heavy atom. The molecule has 5 nitrogen and oxygen atoms in total. The molecule has 0 spiro atoms. The lowest BCUT2D eigenvalue weighted by Crippen LogP contribution is -2.33. The Morgan fingerprint density at radius 3 is 2.75 bits per heavy atom. The van der Waals surface area contributed by atoms with Gasteiger partial charge in [0.2, 0.25) is 5.91 Å². The van der Waals surface area contributed by atoms with Gasteiger partial charge in [0.05, 0.1) is 13.7 Å². The van der Waals surface area contributed by atoms with Crippen LogP contribution in [0.15, 0.2) is 24.3 Å². The number of carbonyl (C=O) groups excluding carboxylic acids is 1. The van der Waals surface area contributed by atoms with E-state index in [1.54, 1.807) is 7.11 Å². The maximum absolute atomic E-state index is 12.3. The Morgan fingerprint density at radius 1 is 1.25 bits per heavy atom. The van der Waals surface area contributed by atoms with Crippen LogP contribution in [0, 0.1) is 11.8 Å². The Balaban J connectivity index is 1.31. The molecule has 2 N–H and O–H groups in total. The van der Waals surface area contributed by atoms with E-state index < -0.39 is 0 Å². The highest BCUT2D eigenvalue weighted by Gasteiger charge is 2.42. The van der Waals surface area contributed by atoms with Crippen molar-refractivity contribution in [2.75, 3.05) is 26.8 Å². The van der Waals surface area contributed by atoms with Gasteiger partial charge in [-0.3, -0.25) is 4.79 Å². The molecule has 2 fully saturated rings. The molecule has 0 radical (unpaired) electrons. The summed E-state index contributed by atoms with van der Waals surface area (Å²) in [5, 5.41) is 0. The van der Waals surface area contributed by atoms with E-state index in [-0.39, 0.29) is 5.91 Å². The van der Waals surface area contributed by atoms with Crippen molar-refractivity contribution in [2.45, 2.75) is 38.3 Å². The zero-order valence-electron chi connectivity index (χ0n) is 14.4. The second kappa shape index (κ2) is 7.99. The van der Waals surface area contributed by atoms with E-state index in [0.717, 1.165) is 37.2 Å². The molecule has 2 aliphatic rings. The molecule has 1 aliphatic carbocycles. The number of rotatable bonds is 7. The highest BCUT2D eigenvalue weighted by molar-refractivity contribution is 5.76. The fraction of sp³-hybridized carbons (Fsp3) is 0.632. The summed E-state index contributed by atoms with van der Waals surface area (Å²) in [7, 11) is 1.66. The molecule has 0 bridgehead atoms. The van der Waals surface area contributed by atoms with Gasteiger partial charge < -0.3 is 20.1 Å². The lowest BCUT2D eigenvalue weighted by molar-refractivity contribution is -0.130. The summed E-state index contributed by atoms with van der Waals surface area (Å²) in [5.41, 5.74) is 7.24. The Labute approximate surface area is 144 Å². The third kappa shape index (κ3) is 4.08. The first kappa shape index (κ1) is 17.2. The largest absolute Gasteiger partial charge is 0.497 e. The smallest absolute Gasteiger partial charge is 0.222 e. The van der Waals surface area contributed by atoms with Crippen LogP contribution in [0.5, 0.6) is 5.75 Å². The van der Waals surface area contributed by atoms with Crippen LogP contribution in [0.4, 0.5) is 0 Å². The van der Waals surface area contributed by atoms with Crippen molar-refractivity contribution in [2.24, 2.45) is 17.6 Å². The maximum Gasteiger partial charge on any atom is 0.222 e. The van der Waals surface area contributed by atoms with Gasteiger partial charge in [-0.15, -0.1) is 0 Å². The molecule has 5 heteroatoms. The number of likely N-dealkylation sites (tertiary alicyclic amines) is 1. The van der Waals surface area contributed by atoms with E-state index in [2.05, 4.69) is 0 Å². The van der Waals surface area contributed by atoms with Gasteiger partial charge in [-0.25, -0.2) is 0 Å². The van der Waals surface area contributed by atoms with Crippen LogP contribution < -0.4 is 10.5 Å². The third-order valence-corrected chi connectivity index (χ3v) is 5.37. The van der Waals surface area contributed by atoms with Crippen molar-refractivity contribution < 1.29 is 14.3 Å². The van der Waals surface area contributed by atoms with Gasteiger partial charge >= 0.3 is 0 Å². The number of nitrogens with two attached hydrogens (primary N) is 1. The molecule has 1 aromatic carbocycles. The number of methoxy groups -OCH3 is 1. The monoisotopic (exact) mass is 332 g/mol. The molecule has 24 heavy (non-hydrogen) atoms. The summed E-state index contributed by atoms with van der Waals surface area (Å²) in [6, 6.07) is 8.14. The molecule has 1 amide bonds. The van der Waals surface area contributed by atoms with Crippen LogP contribution >= 0.6 is 0 Å². The van der Waals surface area contributed by atoms with Gasteiger partial charge in [-0.2, -0.15) is 0 Å². The van der Waals surface area contributed by atoms with Crippen molar-refractivity contribution in [3.63, 3.8) is 0 Å². The predicted molar refractivity (Wildman–Crippen MR) is 92.7 cm³/mol. The zero-order chi connectivity index (χ0) is 16.9. The van der Waals surface area contributed by atoms with Crippen LogP contribution in [-0.4, -0.2) is 43.7 Å². The molecule has 132 valence electrons. The van der Waals surface area contributed by atoms with Crippen LogP contribution in [0.1, 0.15) is 31.2 Å². The standard InChI is InChI=1S/C19H28N2O3/c1-23-16-7-4-14(5-8-16)13-24-10-2-3-19(22)21-11-15-6-9-18(20)17(15)12-21/h4-5,7-8,15,17-18H,2-3,6,9-13,20H2,1H3. The molecule has 1 aromatic rings. The first-order chi connectivity index (χ1) is 11.7. The van der Waals surface area contributed by atoms with Gasteiger partial charge in [-0.1, -0.05) is 12.1 Å². The molecule has 3 rings (SSSR count). The van der Waals surface area contributed by atoms with E-state index in [4.69, 9.17) is 15.2 Å². The highest BCUT2D eigenvalue weighted by Crippen LogP contribution is 2.37. The molecular weight excluding hydrogens is 304 g/mol. The summed E-state index contributed by atoms with van der Waals surface area (Å²) in [4.78, 5) is 14.3. The summed E-state index contributed by atoms with van der Waals surface area (Å²) >= 11 is 0. The fourth-order valence-electron chi connectivity index (χ4n) is 3.91. The number of amides is 1. The second-order valence-electron chi connectivity index (χ2n) is 6.97. The minimum atomic E-state index is 0.254. The number of hydrogen-bond donors (Lipinski definition) is 1. The number of ether oxygens (including phenoxy) is 2. The number of carbonyl (C=O) groups is 1. The first-order valence-electron chi connectivity index (χ1n) is 8.91. The number of hydrogen-bond acceptors (Lipinski definition) is 4. The van der Waals surface area contributed by atoms with Gasteiger partial charge in [-0.05, 0) is 48.8 Å². The molecule has 3 atom stereocenters. The summed E-state index contributed by atoms with van der Waals surface area (Å²) < 4.78 is 10.8. The maximum atomic E-state index is 12.3. The average molecular weight is 332 g/mol. The van der Waals surface area contributed by atoms with Crippen LogP contribution in [0.3, 0.4) is 0 Å². The SMILES string of the molecule is COc1ccc(COCCCC(=O)N2CC3CCC(N)C3C2)cc1. The van der Waals surface area contributed by atoms with Gasteiger partial charge in [0.25, 0.3) is 0 Å². The van der Waals surface area contributed by atoms with Crippen molar-refractivity contribution in [3.8, 4) is 5.75 Å². The molecular formula is C19H28N2O3. The van der Waals surface area contributed by atoms with Crippen LogP contribution in [0.2, 0.25) is 0 Å². The van der Waals surface area contributed by atoms with Crippen molar-refractivity contribution >= 4 is 5.91 Å². The fourth-order valence-corrected chi connectivity index (χ4v) is 3.91. The van der Waals surface area contributed by atoms with E-state index in [1.807, 2.05) is 29.2 Å². The minimum Gasteiger partial charge on any atom is -0.497 e. The second-order valence-corrected chi connectivity index (χ2v) is 6.97. The topological polar surface area (TPSA) is 64.8 Å². The molecule has 1 aliphatic heterocycles. The van der Waals surface area contributed by atoms with Gasteiger partial charge in [0, 0.05) is 32.2 Å². The third-order valence-electron chi connectivity index (χ3n) is 5.37. The Hall–Kier alpha value is -1.59. The molecule has 0 aromatic heterocycles. The lowest BCUT2D eigenvalue weighted by atomic mass is 9.98. The quantitative estimate of drug-likeness (QED) is 0.777. The molecule has 3 unspecified atom stereocenters.